The Bertz CT molecular complexity index is 1000. The van der Waals surface area contributed by atoms with Gasteiger partial charge < -0.3 is 9.47 Å². The number of para-hydroxylation sites is 2. The average molecular weight is 333 g/mol. The minimum Gasteiger partial charge on any atom is -0.339 e. The molecule has 2 aromatic carbocycles. The molecule has 1 aliphatic heterocycles. The van der Waals surface area contributed by atoms with Gasteiger partial charge in [0.15, 0.2) is 0 Å². The second-order valence-electron chi connectivity index (χ2n) is 6.39. The molecule has 1 saturated heterocycles. The fourth-order valence-electron chi connectivity index (χ4n) is 3.34. The zero-order valence-electron chi connectivity index (χ0n) is 14.1. The van der Waals surface area contributed by atoms with E-state index in [1.54, 1.807) is 23.7 Å². The second-order valence-corrected chi connectivity index (χ2v) is 6.39. The molecule has 5 heteroatoms. The molecule has 4 rings (SSSR count). The number of aromatic nitrogens is 2. The summed E-state index contributed by atoms with van der Waals surface area (Å²) in [6.07, 6.45) is 2.14. The van der Waals surface area contributed by atoms with Gasteiger partial charge in [-0.3, -0.25) is 9.59 Å². The van der Waals surface area contributed by atoms with Gasteiger partial charge >= 0.3 is 0 Å². The minimum absolute atomic E-state index is 0.0587. The van der Waals surface area contributed by atoms with Gasteiger partial charge in [0.1, 0.15) is 5.69 Å². The van der Waals surface area contributed by atoms with Crippen LogP contribution in [0.3, 0.4) is 0 Å². The number of aryl methyl sites for hydroxylation is 1. The summed E-state index contributed by atoms with van der Waals surface area (Å²) in [6.45, 7) is 1.65. The Morgan fingerprint density at radius 2 is 1.68 bits per heavy atom. The van der Waals surface area contributed by atoms with Crippen LogP contribution in [0.25, 0.3) is 22.3 Å². The van der Waals surface area contributed by atoms with E-state index in [-0.39, 0.29) is 11.5 Å². The number of hydrogen-bond donors (Lipinski definition) is 0. The monoisotopic (exact) mass is 333 g/mol. The molecule has 1 aromatic heterocycles. The summed E-state index contributed by atoms with van der Waals surface area (Å²) < 4.78 is 1.61. The third kappa shape index (κ3) is 2.71. The summed E-state index contributed by atoms with van der Waals surface area (Å²) in [7, 11) is 1.75. The first-order valence-electron chi connectivity index (χ1n) is 8.50. The molecule has 0 N–H and O–H groups in total. The molecule has 0 spiro atoms. The largest absolute Gasteiger partial charge is 0.339 e. The molecule has 1 fully saturated rings. The van der Waals surface area contributed by atoms with E-state index in [9.17, 15) is 9.59 Å². The molecule has 0 bridgehead atoms. The quantitative estimate of drug-likeness (QED) is 0.725. The predicted octanol–water partition coefficient (Wildman–Crippen LogP) is 2.84. The highest BCUT2D eigenvalue weighted by atomic mass is 16.2. The fraction of sp³-hybridized carbons (Fsp3) is 0.250. The highest BCUT2D eigenvalue weighted by molar-refractivity contribution is 5.94. The molecule has 126 valence electrons. The average Bonchev–Trinajstić information content (AvgIpc) is 3.19. The van der Waals surface area contributed by atoms with Gasteiger partial charge in [0.05, 0.1) is 11.0 Å². The maximum absolute atomic E-state index is 12.6. The van der Waals surface area contributed by atoms with E-state index >= 15 is 0 Å². The third-order valence-electron chi connectivity index (χ3n) is 4.78. The van der Waals surface area contributed by atoms with E-state index in [4.69, 9.17) is 0 Å². The molecule has 0 atom stereocenters. The van der Waals surface area contributed by atoms with Crippen LogP contribution in [0.15, 0.2) is 53.3 Å². The first kappa shape index (κ1) is 15.6. The number of nitrogens with zero attached hydrogens (tertiary/aromatic N) is 3. The van der Waals surface area contributed by atoms with Crippen molar-refractivity contribution in [1.82, 2.24) is 14.5 Å². The van der Waals surface area contributed by atoms with Gasteiger partial charge in [-0.05, 0) is 37.1 Å². The summed E-state index contributed by atoms with van der Waals surface area (Å²) >= 11 is 0. The highest BCUT2D eigenvalue weighted by Crippen LogP contribution is 2.19. The van der Waals surface area contributed by atoms with Crippen molar-refractivity contribution in [3.8, 4) is 11.3 Å². The zero-order chi connectivity index (χ0) is 17.4. The van der Waals surface area contributed by atoms with Crippen LogP contribution in [0.4, 0.5) is 0 Å². The Labute approximate surface area is 145 Å². The molecule has 0 unspecified atom stereocenters. The number of carbonyl (C=O) groups is 1. The number of amides is 1. The number of likely N-dealkylation sites (tertiary alicyclic amines) is 1. The van der Waals surface area contributed by atoms with E-state index in [2.05, 4.69) is 4.98 Å². The van der Waals surface area contributed by atoms with E-state index in [0.29, 0.717) is 11.3 Å². The van der Waals surface area contributed by atoms with E-state index in [0.717, 1.165) is 42.5 Å². The van der Waals surface area contributed by atoms with Gasteiger partial charge in [-0.2, -0.15) is 0 Å². The normalized spacial score (nSPS) is 14.2. The Morgan fingerprint density at radius 3 is 2.40 bits per heavy atom. The molecule has 2 heterocycles. The molecule has 1 aliphatic rings. The standard InChI is InChI=1S/C20H19N3O2/c1-22-17-7-3-2-6-16(17)21-18(20(22)25)14-8-10-15(11-9-14)19(24)23-12-4-5-13-23/h2-3,6-11H,4-5,12-13H2,1H3. The number of benzene rings is 2. The molecule has 0 saturated carbocycles. The van der Waals surface area contributed by atoms with Crippen molar-refractivity contribution in [2.45, 2.75) is 12.8 Å². The van der Waals surface area contributed by atoms with Crippen molar-refractivity contribution < 1.29 is 4.79 Å². The van der Waals surface area contributed by atoms with Crippen LogP contribution in [-0.4, -0.2) is 33.4 Å². The van der Waals surface area contributed by atoms with Crippen LogP contribution >= 0.6 is 0 Å². The van der Waals surface area contributed by atoms with Crippen molar-refractivity contribution in [3.63, 3.8) is 0 Å². The van der Waals surface area contributed by atoms with E-state index < -0.39 is 0 Å². The molecular weight excluding hydrogens is 314 g/mol. The van der Waals surface area contributed by atoms with E-state index in [1.807, 2.05) is 41.3 Å². The van der Waals surface area contributed by atoms with Crippen LogP contribution in [0.2, 0.25) is 0 Å². The lowest BCUT2D eigenvalue weighted by Crippen LogP contribution is -2.27. The Hall–Kier alpha value is -2.95. The van der Waals surface area contributed by atoms with Gasteiger partial charge in [0.25, 0.3) is 11.5 Å². The van der Waals surface area contributed by atoms with Gasteiger partial charge in [0.2, 0.25) is 0 Å². The highest BCUT2D eigenvalue weighted by Gasteiger charge is 2.19. The summed E-state index contributed by atoms with van der Waals surface area (Å²) in [5.41, 5.74) is 3.22. The van der Waals surface area contributed by atoms with Gasteiger partial charge in [-0.1, -0.05) is 24.3 Å². The lowest BCUT2D eigenvalue weighted by molar-refractivity contribution is 0.0793. The van der Waals surface area contributed by atoms with Crippen LogP contribution in [0.5, 0.6) is 0 Å². The van der Waals surface area contributed by atoms with Crippen molar-refractivity contribution in [3.05, 3.63) is 64.4 Å². The van der Waals surface area contributed by atoms with Gasteiger partial charge in [-0.15, -0.1) is 0 Å². The predicted molar refractivity (Wildman–Crippen MR) is 97.6 cm³/mol. The molecule has 3 aromatic rings. The second kappa shape index (κ2) is 6.16. The molecule has 0 radical (unpaired) electrons. The summed E-state index contributed by atoms with van der Waals surface area (Å²) in [4.78, 5) is 31.5. The summed E-state index contributed by atoms with van der Waals surface area (Å²) in [5.74, 6) is 0.0587. The first-order chi connectivity index (χ1) is 12.1. The topological polar surface area (TPSA) is 55.2 Å². The van der Waals surface area contributed by atoms with Gasteiger partial charge in [-0.25, -0.2) is 4.98 Å². The van der Waals surface area contributed by atoms with Crippen LogP contribution in [-0.2, 0) is 7.05 Å². The smallest absolute Gasteiger partial charge is 0.277 e. The number of carbonyl (C=O) groups excluding carboxylic acids is 1. The number of hydrogen-bond acceptors (Lipinski definition) is 3. The minimum atomic E-state index is -0.141. The van der Waals surface area contributed by atoms with Crippen molar-refractivity contribution in [2.75, 3.05) is 13.1 Å². The third-order valence-corrected chi connectivity index (χ3v) is 4.78. The summed E-state index contributed by atoms with van der Waals surface area (Å²) in [5, 5.41) is 0. The molecular formula is C20H19N3O2. The molecule has 0 aliphatic carbocycles. The zero-order valence-corrected chi connectivity index (χ0v) is 14.1. The SMILES string of the molecule is Cn1c(=O)c(-c2ccc(C(=O)N3CCCC3)cc2)nc2ccccc21. The fourth-order valence-corrected chi connectivity index (χ4v) is 3.34. The molecule has 25 heavy (non-hydrogen) atoms. The Kier molecular flexibility index (Phi) is 3.84. The van der Waals surface area contributed by atoms with Crippen molar-refractivity contribution in [2.24, 2.45) is 7.05 Å². The maximum atomic E-state index is 12.6. The van der Waals surface area contributed by atoms with Crippen molar-refractivity contribution in [1.29, 1.82) is 0 Å². The summed E-state index contributed by atoms with van der Waals surface area (Å²) in [6, 6.07) is 14.8. The Morgan fingerprint density at radius 1 is 1.00 bits per heavy atom. The number of rotatable bonds is 2. The number of fused-ring (bicyclic) bond motifs is 1. The van der Waals surface area contributed by atoms with Crippen LogP contribution in [0.1, 0.15) is 23.2 Å². The van der Waals surface area contributed by atoms with E-state index in [1.165, 1.54) is 0 Å². The lowest BCUT2D eigenvalue weighted by Gasteiger charge is -2.15. The molecule has 5 nitrogen and oxygen atoms in total. The van der Waals surface area contributed by atoms with Crippen LogP contribution < -0.4 is 5.56 Å². The first-order valence-corrected chi connectivity index (χ1v) is 8.50. The van der Waals surface area contributed by atoms with Gasteiger partial charge in [0, 0.05) is 31.3 Å². The van der Waals surface area contributed by atoms with Crippen LogP contribution in [0, 0.1) is 0 Å². The van der Waals surface area contributed by atoms with Crippen molar-refractivity contribution >= 4 is 16.9 Å². The Balaban J connectivity index is 1.73. The maximum Gasteiger partial charge on any atom is 0.277 e. The lowest BCUT2D eigenvalue weighted by atomic mass is 10.1. The molecule has 1 amide bonds.